The average Bonchev–Trinajstić information content (AvgIpc) is 3.96. The van der Waals surface area contributed by atoms with Crippen molar-refractivity contribution in [3.05, 3.63) is 83.5 Å². The molecule has 2 aliphatic carbocycles. The summed E-state index contributed by atoms with van der Waals surface area (Å²) in [6, 6.07) is 11.8. The first-order chi connectivity index (χ1) is 21.4. The van der Waals surface area contributed by atoms with Crippen LogP contribution in [0.25, 0.3) is 16.6 Å². The van der Waals surface area contributed by atoms with Crippen LogP contribution in [0.4, 0.5) is 16.2 Å². The van der Waals surface area contributed by atoms with E-state index in [2.05, 4.69) is 33.6 Å². The Morgan fingerprint density at radius 2 is 1.89 bits per heavy atom. The number of nitrogens with zero attached hydrogens (tertiary/aromatic N) is 7. The molecule has 0 spiro atoms. The van der Waals surface area contributed by atoms with E-state index in [1.54, 1.807) is 7.11 Å². The molecule has 0 bridgehead atoms. The summed E-state index contributed by atoms with van der Waals surface area (Å²) in [7, 11) is 3.19. The van der Waals surface area contributed by atoms with Crippen molar-refractivity contribution >= 4 is 39.9 Å². The Kier molecular flexibility index (Phi) is 6.04. The number of ether oxygens (including phenoxy) is 1. The van der Waals surface area contributed by atoms with Gasteiger partial charge in [0.1, 0.15) is 18.1 Å². The number of aryl methyl sites for hydroxylation is 1. The van der Waals surface area contributed by atoms with E-state index in [4.69, 9.17) is 14.7 Å². The Balaban J connectivity index is 1.07. The fourth-order valence-electron chi connectivity index (χ4n) is 6.20. The highest BCUT2D eigenvalue weighted by molar-refractivity contribution is 6.13. The molecule has 3 aliphatic rings. The first-order valence-corrected chi connectivity index (χ1v) is 15.0. The summed E-state index contributed by atoms with van der Waals surface area (Å²) in [6.45, 7) is 2.46. The van der Waals surface area contributed by atoms with Crippen molar-refractivity contribution in [3.63, 3.8) is 0 Å². The maximum atomic E-state index is 12.9. The number of carbonyl (C=O) groups is 2. The van der Waals surface area contributed by atoms with Gasteiger partial charge in [0.15, 0.2) is 5.65 Å². The number of hydrogen-bond acceptors (Lipinski definition) is 8. The van der Waals surface area contributed by atoms with Crippen LogP contribution in [0.1, 0.15) is 65.5 Å². The first-order valence-electron chi connectivity index (χ1n) is 15.0. The van der Waals surface area contributed by atoms with Crippen LogP contribution in [0, 0.1) is 6.92 Å². The number of anilines is 2. The van der Waals surface area contributed by atoms with Gasteiger partial charge in [0.05, 0.1) is 30.6 Å². The molecule has 1 N–H and O–H groups in total. The zero-order chi connectivity index (χ0) is 30.1. The second kappa shape index (κ2) is 10.0. The number of likely N-dealkylation sites (N-methyl/N-ethyl adjacent to an activating group) is 1. The molecule has 3 fully saturated rings. The molecule has 44 heavy (non-hydrogen) atoms. The molecule has 1 aliphatic heterocycles. The highest BCUT2D eigenvalue weighted by Gasteiger charge is 2.43. The molecule has 2 atom stereocenters. The molecule has 0 radical (unpaired) electrons. The number of pyridine rings is 2. The number of benzene rings is 1. The number of hydrogen-bond donors (Lipinski definition) is 1. The van der Waals surface area contributed by atoms with Crippen molar-refractivity contribution in [2.45, 2.75) is 50.5 Å². The summed E-state index contributed by atoms with van der Waals surface area (Å²) in [5, 5.41) is 4.45. The van der Waals surface area contributed by atoms with E-state index in [0.29, 0.717) is 29.7 Å². The molecule has 222 valence electrons. The van der Waals surface area contributed by atoms with E-state index in [1.165, 1.54) is 11.9 Å². The highest BCUT2D eigenvalue weighted by atomic mass is 16.5. The van der Waals surface area contributed by atoms with Crippen LogP contribution in [0.2, 0.25) is 0 Å². The Hall–Kier alpha value is -5.06. The minimum Gasteiger partial charge on any atom is -0.496 e. The molecule has 5 aromatic rings. The van der Waals surface area contributed by atoms with Gasteiger partial charge in [0, 0.05) is 66.0 Å². The van der Waals surface area contributed by atoms with Crippen molar-refractivity contribution in [1.82, 2.24) is 29.2 Å². The number of urea groups is 1. The van der Waals surface area contributed by atoms with Gasteiger partial charge in [-0.3, -0.25) is 19.6 Å². The number of aromatic nitrogens is 5. The summed E-state index contributed by atoms with van der Waals surface area (Å²) in [5.41, 5.74) is 7.02. The quantitative estimate of drug-likeness (QED) is 0.248. The van der Waals surface area contributed by atoms with Crippen LogP contribution in [0.3, 0.4) is 0 Å². The Morgan fingerprint density at radius 3 is 2.64 bits per heavy atom. The third-order valence-corrected chi connectivity index (χ3v) is 8.93. The normalized spacial score (nSPS) is 19.8. The SMILES string of the molecule is COc1cc(NCc2cn3cc(C4CC4)cc(N4CC(=O)N(C)C4=O)c3n2)cc2nc([C@H]3C[C@@H]3c3nccc(C)n3)ccc12. The van der Waals surface area contributed by atoms with E-state index >= 15 is 0 Å². The van der Waals surface area contributed by atoms with Gasteiger partial charge in [-0.1, -0.05) is 0 Å². The van der Waals surface area contributed by atoms with Crippen LogP contribution in [0.15, 0.2) is 55.0 Å². The van der Waals surface area contributed by atoms with Crippen molar-refractivity contribution in [1.29, 1.82) is 0 Å². The molecule has 0 unspecified atom stereocenters. The van der Waals surface area contributed by atoms with E-state index in [-0.39, 0.29) is 24.4 Å². The number of imidazole rings is 1. The lowest BCUT2D eigenvalue weighted by Crippen LogP contribution is -2.30. The molecule has 3 amide bonds. The third kappa shape index (κ3) is 4.59. The van der Waals surface area contributed by atoms with Crippen LogP contribution in [-0.4, -0.2) is 61.9 Å². The molecule has 11 heteroatoms. The molecule has 1 saturated heterocycles. The molecule has 5 heterocycles. The molecular formula is C33H32N8O3. The zero-order valence-electron chi connectivity index (χ0n) is 24.8. The van der Waals surface area contributed by atoms with Gasteiger partial charge in [-0.25, -0.2) is 19.7 Å². The number of nitrogens with one attached hydrogen (secondary N) is 1. The molecule has 8 rings (SSSR count). The summed E-state index contributed by atoms with van der Waals surface area (Å²) in [5.74, 6) is 2.47. The van der Waals surface area contributed by atoms with E-state index in [9.17, 15) is 9.59 Å². The average molecular weight is 589 g/mol. The number of rotatable bonds is 8. The third-order valence-electron chi connectivity index (χ3n) is 8.93. The predicted molar refractivity (Wildman–Crippen MR) is 165 cm³/mol. The lowest BCUT2D eigenvalue weighted by molar-refractivity contribution is -0.123. The minimum atomic E-state index is -0.327. The summed E-state index contributed by atoms with van der Waals surface area (Å²) in [4.78, 5) is 46.9. The minimum absolute atomic E-state index is 0.0189. The second-order valence-electron chi connectivity index (χ2n) is 12.1. The monoisotopic (exact) mass is 588 g/mol. The first kappa shape index (κ1) is 26.6. The number of methoxy groups -OCH3 is 1. The standard InChI is InChI=1S/C33H32N8O3/c1-18-8-9-34-31(36-18)25-13-24(25)26-7-6-23-27(38-26)11-21(12-29(23)44-3)35-14-22-16-40-15-20(19-4-5-19)10-28(32(40)37-22)41-17-30(42)39(2)33(41)43/h6-12,15-16,19,24-25,35H,4-5,13-14,17H2,1-3H3/t24-,25-/m0/s1. The van der Waals surface area contributed by atoms with Gasteiger partial charge in [-0.2, -0.15) is 0 Å². The number of amides is 3. The van der Waals surface area contributed by atoms with E-state index < -0.39 is 0 Å². The fourth-order valence-corrected chi connectivity index (χ4v) is 6.20. The lowest BCUT2D eigenvalue weighted by atomic mass is 10.1. The van der Waals surface area contributed by atoms with Crippen molar-refractivity contribution in [2.75, 3.05) is 30.9 Å². The van der Waals surface area contributed by atoms with E-state index in [0.717, 1.165) is 75.0 Å². The molecule has 4 aromatic heterocycles. The summed E-state index contributed by atoms with van der Waals surface area (Å²) >= 11 is 0. The predicted octanol–water partition coefficient (Wildman–Crippen LogP) is 5.15. The van der Waals surface area contributed by atoms with Crippen LogP contribution in [0.5, 0.6) is 5.75 Å². The fraction of sp³-hybridized carbons (Fsp3) is 0.333. The molecule has 1 aromatic carbocycles. The largest absolute Gasteiger partial charge is 0.496 e. The van der Waals surface area contributed by atoms with Gasteiger partial charge in [0.25, 0.3) is 0 Å². The van der Waals surface area contributed by atoms with E-state index in [1.807, 2.05) is 48.0 Å². The molecule has 11 nitrogen and oxygen atoms in total. The van der Waals surface area contributed by atoms with Crippen molar-refractivity contribution in [3.8, 4) is 5.75 Å². The van der Waals surface area contributed by atoms with Crippen LogP contribution >= 0.6 is 0 Å². The lowest BCUT2D eigenvalue weighted by Gasteiger charge is -2.17. The van der Waals surface area contributed by atoms with Crippen LogP contribution in [-0.2, 0) is 11.3 Å². The van der Waals surface area contributed by atoms with Crippen molar-refractivity contribution < 1.29 is 14.3 Å². The van der Waals surface area contributed by atoms with Gasteiger partial charge < -0.3 is 14.5 Å². The summed E-state index contributed by atoms with van der Waals surface area (Å²) in [6.07, 6.45) is 9.15. The van der Waals surface area contributed by atoms with Gasteiger partial charge in [-0.05, 0) is 68.0 Å². The topological polar surface area (TPSA) is 118 Å². The zero-order valence-corrected chi connectivity index (χ0v) is 24.8. The highest BCUT2D eigenvalue weighted by Crippen LogP contribution is 2.53. The number of fused-ring (bicyclic) bond motifs is 2. The maximum absolute atomic E-state index is 12.9. The number of carbonyl (C=O) groups excluding carboxylic acids is 2. The second-order valence-corrected chi connectivity index (χ2v) is 12.1. The van der Waals surface area contributed by atoms with Gasteiger partial charge in [-0.15, -0.1) is 0 Å². The smallest absolute Gasteiger partial charge is 0.331 e. The van der Waals surface area contributed by atoms with Gasteiger partial charge in [0.2, 0.25) is 5.91 Å². The Morgan fingerprint density at radius 1 is 1.02 bits per heavy atom. The van der Waals surface area contributed by atoms with Crippen molar-refractivity contribution in [2.24, 2.45) is 0 Å². The van der Waals surface area contributed by atoms with Crippen LogP contribution < -0.4 is 15.0 Å². The van der Waals surface area contributed by atoms with Gasteiger partial charge >= 0.3 is 6.03 Å². The Labute approximate surface area is 253 Å². The summed E-state index contributed by atoms with van der Waals surface area (Å²) < 4.78 is 7.72. The molecular weight excluding hydrogens is 556 g/mol. The maximum Gasteiger partial charge on any atom is 0.331 e. The Bertz CT molecular complexity index is 1980. The molecule has 2 saturated carbocycles. The number of imide groups is 1.